The van der Waals surface area contributed by atoms with Crippen molar-refractivity contribution in [3.8, 4) is 16.8 Å². The SMILES string of the molecule is CNc1c(C(=N)NCCOC)c(-c2ccccc2)cn1-c1ccccc1F. The lowest BCUT2D eigenvalue weighted by Crippen LogP contribution is -2.27. The molecule has 0 atom stereocenters. The monoisotopic (exact) mass is 366 g/mol. The van der Waals surface area contributed by atoms with E-state index in [1.165, 1.54) is 6.07 Å². The van der Waals surface area contributed by atoms with Crippen LogP contribution in [0.4, 0.5) is 10.2 Å². The van der Waals surface area contributed by atoms with Gasteiger partial charge in [0.25, 0.3) is 0 Å². The summed E-state index contributed by atoms with van der Waals surface area (Å²) in [4.78, 5) is 0. The molecule has 3 rings (SSSR count). The van der Waals surface area contributed by atoms with Crippen molar-refractivity contribution in [1.82, 2.24) is 9.88 Å². The molecule has 3 aromatic rings. The van der Waals surface area contributed by atoms with Crippen LogP contribution >= 0.6 is 0 Å². The van der Waals surface area contributed by atoms with Crippen molar-refractivity contribution >= 4 is 11.7 Å². The highest BCUT2D eigenvalue weighted by Gasteiger charge is 2.22. The van der Waals surface area contributed by atoms with Gasteiger partial charge in [0.15, 0.2) is 0 Å². The van der Waals surface area contributed by atoms with E-state index in [1.54, 1.807) is 36.9 Å². The van der Waals surface area contributed by atoms with Gasteiger partial charge in [-0.3, -0.25) is 9.98 Å². The molecule has 0 unspecified atom stereocenters. The minimum Gasteiger partial charge on any atom is -0.383 e. The second-order valence-corrected chi connectivity index (χ2v) is 6.00. The highest BCUT2D eigenvalue weighted by atomic mass is 19.1. The van der Waals surface area contributed by atoms with Crippen LogP contribution in [0.15, 0.2) is 60.8 Å². The summed E-state index contributed by atoms with van der Waals surface area (Å²) in [6, 6.07) is 16.4. The molecule has 27 heavy (non-hydrogen) atoms. The van der Waals surface area contributed by atoms with Gasteiger partial charge < -0.3 is 15.4 Å². The van der Waals surface area contributed by atoms with Gasteiger partial charge in [-0.15, -0.1) is 0 Å². The Hall–Kier alpha value is -3.12. The zero-order valence-electron chi connectivity index (χ0n) is 15.4. The molecule has 0 fully saturated rings. The first kappa shape index (κ1) is 18.7. The molecule has 0 aliphatic heterocycles. The fourth-order valence-electron chi connectivity index (χ4n) is 3.04. The maximum atomic E-state index is 14.5. The Balaban J connectivity index is 2.17. The molecule has 0 saturated heterocycles. The standard InChI is InChI=1S/C21H23FN4O/c1-24-21-19(20(23)25-12-13-27-2)16(15-8-4-3-5-9-15)14-26(21)18-11-7-6-10-17(18)22/h3-11,14,24H,12-13H2,1-2H3,(H2,23,25). The molecule has 0 aliphatic rings. The van der Waals surface area contributed by atoms with Crippen LogP contribution in [-0.2, 0) is 4.74 Å². The molecule has 0 aliphatic carbocycles. The van der Waals surface area contributed by atoms with Crippen molar-refractivity contribution in [2.24, 2.45) is 0 Å². The summed E-state index contributed by atoms with van der Waals surface area (Å²) in [5.41, 5.74) is 2.91. The third-order valence-electron chi connectivity index (χ3n) is 4.30. The molecule has 140 valence electrons. The number of nitrogens with zero attached hydrogens (tertiary/aromatic N) is 1. The van der Waals surface area contributed by atoms with Gasteiger partial charge in [0.05, 0.1) is 17.9 Å². The molecule has 1 heterocycles. The number of ether oxygens (including phenoxy) is 1. The van der Waals surface area contributed by atoms with Gasteiger partial charge in [0.1, 0.15) is 17.5 Å². The van der Waals surface area contributed by atoms with Crippen molar-refractivity contribution in [1.29, 1.82) is 5.41 Å². The summed E-state index contributed by atoms with van der Waals surface area (Å²) >= 11 is 0. The maximum Gasteiger partial charge on any atom is 0.147 e. The summed E-state index contributed by atoms with van der Waals surface area (Å²) in [5.74, 6) is 0.577. The van der Waals surface area contributed by atoms with E-state index in [-0.39, 0.29) is 11.7 Å². The maximum absolute atomic E-state index is 14.5. The van der Waals surface area contributed by atoms with Crippen molar-refractivity contribution in [2.75, 3.05) is 32.6 Å². The number of hydrogen-bond acceptors (Lipinski definition) is 3. The third kappa shape index (κ3) is 3.85. The number of para-hydroxylation sites is 1. The van der Waals surface area contributed by atoms with E-state index >= 15 is 0 Å². The molecular formula is C21H23FN4O. The van der Waals surface area contributed by atoms with Gasteiger partial charge in [-0.05, 0) is 17.7 Å². The van der Waals surface area contributed by atoms with Gasteiger partial charge in [-0.2, -0.15) is 0 Å². The average Bonchev–Trinajstić information content (AvgIpc) is 3.08. The number of rotatable bonds is 7. The summed E-state index contributed by atoms with van der Waals surface area (Å²) < 4.78 is 21.3. The van der Waals surface area contributed by atoms with Gasteiger partial charge in [-0.25, -0.2) is 4.39 Å². The number of halogens is 1. The number of anilines is 1. The fraction of sp³-hybridized carbons (Fsp3) is 0.190. The van der Waals surface area contributed by atoms with Crippen molar-refractivity contribution in [2.45, 2.75) is 0 Å². The highest BCUT2D eigenvalue weighted by molar-refractivity contribution is 6.07. The van der Waals surface area contributed by atoms with Crippen LogP contribution in [0.2, 0.25) is 0 Å². The van der Waals surface area contributed by atoms with Crippen LogP contribution in [0.3, 0.4) is 0 Å². The molecular weight excluding hydrogens is 343 g/mol. The largest absolute Gasteiger partial charge is 0.383 e. The van der Waals surface area contributed by atoms with Gasteiger partial charge in [0, 0.05) is 32.5 Å². The first-order valence-corrected chi connectivity index (χ1v) is 8.72. The second-order valence-electron chi connectivity index (χ2n) is 6.00. The fourth-order valence-corrected chi connectivity index (χ4v) is 3.04. The Morgan fingerprint density at radius 2 is 1.81 bits per heavy atom. The van der Waals surface area contributed by atoms with E-state index in [2.05, 4.69) is 10.6 Å². The van der Waals surface area contributed by atoms with Crippen LogP contribution in [0.25, 0.3) is 16.8 Å². The van der Waals surface area contributed by atoms with E-state index in [0.717, 1.165) is 11.1 Å². The number of methoxy groups -OCH3 is 1. The quantitative estimate of drug-likeness (QED) is 0.338. The number of nitrogens with one attached hydrogen (secondary N) is 3. The van der Waals surface area contributed by atoms with Crippen LogP contribution in [0.5, 0.6) is 0 Å². The van der Waals surface area contributed by atoms with Gasteiger partial charge in [-0.1, -0.05) is 42.5 Å². The predicted octanol–water partition coefficient (Wildman–Crippen LogP) is 3.89. The van der Waals surface area contributed by atoms with Crippen LogP contribution in [-0.4, -0.2) is 37.7 Å². The van der Waals surface area contributed by atoms with Gasteiger partial charge in [0.2, 0.25) is 0 Å². The third-order valence-corrected chi connectivity index (χ3v) is 4.30. The number of hydrogen-bond donors (Lipinski definition) is 3. The molecule has 5 nitrogen and oxygen atoms in total. The van der Waals surface area contributed by atoms with Crippen LogP contribution < -0.4 is 10.6 Å². The summed E-state index contributed by atoms with van der Waals surface area (Å²) in [5, 5.41) is 14.8. The van der Waals surface area contributed by atoms with Crippen molar-refractivity contribution in [3.63, 3.8) is 0 Å². The van der Waals surface area contributed by atoms with E-state index in [4.69, 9.17) is 10.1 Å². The smallest absolute Gasteiger partial charge is 0.147 e. The average molecular weight is 366 g/mol. The highest BCUT2D eigenvalue weighted by Crippen LogP contribution is 2.34. The molecule has 0 bridgehead atoms. The van der Waals surface area contributed by atoms with Crippen molar-refractivity contribution < 1.29 is 9.13 Å². The molecule has 6 heteroatoms. The van der Waals surface area contributed by atoms with E-state index in [0.29, 0.717) is 30.2 Å². The summed E-state index contributed by atoms with van der Waals surface area (Å²) in [7, 11) is 3.39. The topological polar surface area (TPSA) is 62.1 Å². The summed E-state index contributed by atoms with van der Waals surface area (Å²) in [6.45, 7) is 1.00. The summed E-state index contributed by atoms with van der Waals surface area (Å²) in [6.07, 6.45) is 1.86. The lowest BCUT2D eigenvalue weighted by atomic mass is 10.0. The second kappa shape index (κ2) is 8.51. The zero-order valence-corrected chi connectivity index (χ0v) is 15.4. The lowest BCUT2D eigenvalue weighted by molar-refractivity contribution is 0.204. The Morgan fingerprint density at radius 1 is 1.11 bits per heavy atom. The van der Waals surface area contributed by atoms with E-state index < -0.39 is 0 Å². The number of benzene rings is 2. The van der Waals surface area contributed by atoms with Gasteiger partial charge >= 0.3 is 0 Å². The van der Waals surface area contributed by atoms with E-state index in [9.17, 15) is 4.39 Å². The van der Waals surface area contributed by atoms with Crippen LogP contribution in [0, 0.1) is 11.2 Å². The lowest BCUT2D eigenvalue weighted by Gasteiger charge is -2.13. The van der Waals surface area contributed by atoms with Crippen LogP contribution in [0.1, 0.15) is 5.56 Å². The molecule has 0 saturated carbocycles. The molecule has 2 aromatic carbocycles. The zero-order chi connectivity index (χ0) is 19.2. The minimum absolute atomic E-state index is 0.255. The van der Waals surface area contributed by atoms with Crippen molar-refractivity contribution in [3.05, 3.63) is 72.2 Å². The molecule has 0 amide bonds. The first-order valence-electron chi connectivity index (χ1n) is 8.72. The Bertz CT molecular complexity index is 921. The molecule has 1 aromatic heterocycles. The molecule has 3 N–H and O–H groups in total. The Morgan fingerprint density at radius 3 is 2.48 bits per heavy atom. The Kier molecular flexibility index (Phi) is 5.88. The number of amidine groups is 1. The first-order chi connectivity index (χ1) is 13.2. The predicted molar refractivity (Wildman–Crippen MR) is 107 cm³/mol. The molecule has 0 radical (unpaired) electrons. The Labute approximate surface area is 158 Å². The minimum atomic E-state index is -0.325. The number of aromatic nitrogens is 1. The molecule has 0 spiro atoms. The van der Waals surface area contributed by atoms with E-state index in [1.807, 2.05) is 36.5 Å². The normalized spacial score (nSPS) is 10.6.